The first-order valence-electron chi connectivity index (χ1n) is 7.30. The minimum Gasteiger partial charge on any atom is -0.481 e. The van der Waals surface area contributed by atoms with E-state index in [0.717, 1.165) is 12.2 Å². The van der Waals surface area contributed by atoms with E-state index in [1.807, 2.05) is 0 Å². The molecule has 0 rings (SSSR count). The molecule has 0 aromatic carbocycles. The lowest BCUT2D eigenvalue weighted by Crippen LogP contribution is -2.37. The topological polar surface area (TPSA) is 62.0 Å². The number of thiocarbonyl (C=S) groups is 1. The maximum atomic E-state index is 12.4. The van der Waals surface area contributed by atoms with Crippen LogP contribution in [0.3, 0.4) is 0 Å². The molecule has 0 heterocycles. The molecule has 0 saturated carbocycles. The summed E-state index contributed by atoms with van der Waals surface area (Å²) < 4.78 is 0.692. The number of carbonyl (C=O) groups excluding carboxylic acids is 1. The van der Waals surface area contributed by atoms with E-state index in [4.69, 9.17) is 23.9 Å². The Morgan fingerprint density at radius 3 is 2.48 bits per heavy atom. The number of hydrogen-bond acceptors (Lipinski definition) is 5. The van der Waals surface area contributed by atoms with Gasteiger partial charge < -0.3 is 14.9 Å². The Balaban J connectivity index is 5.05. The number of carboxylic acid groups (broad SMARTS) is 1. The zero-order valence-electron chi connectivity index (χ0n) is 14.0. The number of thioether (sulfide) groups is 2. The summed E-state index contributed by atoms with van der Waals surface area (Å²) in [4.78, 5) is 28.3. The third kappa shape index (κ3) is 9.18. The molecule has 8 heteroatoms. The summed E-state index contributed by atoms with van der Waals surface area (Å²) in [5, 5.41) is 8.38. The number of carboxylic acids is 1. The third-order valence-corrected chi connectivity index (χ3v) is 6.13. The van der Waals surface area contributed by atoms with Gasteiger partial charge in [0, 0.05) is 33.9 Å². The predicted octanol–water partition coefficient (Wildman–Crippen LogP) is 3.54. The summed E-state index contributed by atoms with van der Waals surface area (Å²) in [6.07, 6.45) is 1.42. The van der Waals surface area contributed by atoms with Gasteiger partial charge in [-0.2, -0.15) is 0 Å². The van der Waals surface area contributed by atoms with Crippen molar-refractivity contribution in [3.8, 4) is 0 Å². The van der Waals surface area contributed by atoms with Crippen LogP contribution in [0.15, 0.2) is 0 Å². The lowest BCUT2D eigenvalue weighted by atomic mass is 9.90. The average molecular weight is 377 g/mol. The smallest absolute Gasteiger partial charge is 0.303 e. The van der Waals surface area contributed by atoms with Crippen molar-refractivity contribution < 1.29 is 14.7 Å². The molecule has 0 aliphatic carbocycles. The zero-order chi connectivity index (χ0) is 18.0. The highest BCUT2D eigenvalue weighted by molar-refractivity contribution is 8.47. The first-order valence-corrected chi connectivity index (χ1v) is 9.57. The number of hydrogen-bond donors (Lipinski definition) is 1. The Kier molecular flexibility index (Phi) is 10.5. The van der Waals surface area contributed by atoms with E-state index in [0.29, 0.717) is 3.53 Å². The molecule has 0 aromatic rings. The second-order valence-electron chi connectivity index (χ2n) is 5.64. The summed E-state index contributed by atoms with van der Waals surface area (Å²) in [6, 6.07) is 0. The van der Waals surface area contributed by atoms with E-state index in [1.165, 1.54) is 28.4 Å². The van der Waals surface area contributed by atoms with Crippen LogP contribution in [0.5, 0.6) is 0 Å². The number of rotatable bonds is 9. The van der Waals surface area contributed by atoms with Gasteiger partial charge in [0.15, 0.2) is 0 Å². The molecular formula is C15H24N2O3S3. The van der Waals surface area contributed by atoms with Crippen LogP contribution < -0.4 is 0 Å². The second kappa shape index (κ2) is 10.9. The van der Waals surface area contributed by atoms with Gasteiger partial charge in [-0.3, -0.25) is 9.59 Å². The second-order valence-corrected chi connectivity index (χ2v) is 9.15. The quantitative estimate of drug-likeness (QED) is 0.491. The van der Waals surface area contributed by atoms with E-state index in [2.05, 4.69) is 11.8 Å². The normalized spacial score (nSPS) is 14.4. The zero-order valence-corrected chi connectivity index (χ0v) is 16.4. The Labute approximate surface area is 152 Å². The van der Waals surface area contributed by atoms with Crippen molar-refractivity contribution in [2.75, 3.05) is 19.8 Å². The molecule has 2 atom stereocenters. The van der Waals surface area contributed by atoms with Crippen molar-refractivity contribution >= 4 is 51.1 Å². The van der Waals surface area contributed by atoms with Crippen LogP contribution in [-0.4, -0.2) is 56.0 Å². The molecule has 0 aliphatic heterocycles. The fraction of sp³-hybridized carbons (Fsp3) is 0.733. The van der Waals surface area contributed by atoms with E-state index in [-0.39, 0.29) is 25.2 Å². The van der Waals surface area contributed by atoms with Crippen molar-refractivity contribution in [1.82, 2.24) is 4.90 Å². The maximum absolute atomic E-state index is 12.4. The van der Waals surface area contributed by atoms with Crippen molar-refractivity contribution in [1.29, 1.82) is 0 Å². The molecule has 23 heavy (non-hydrogen) atoms. The van der Waals surface area contributed by atoms with Gasteiger partial charge in [-0.15, -0.1) is 11.8 Å². The molecule has 1 N–H and O–H groups in total. The number of amides is 1. The van der Waals surface area contributed by atoms with Gasteiger partial charge >= 0.3 is 5.97 Å². The fourth-order valence-corrected chi connectivity index (χ4v) is 4.61. The van der Waals surface area contributed by atoms with E-state index in [9.17, 15) is 9.59 Å². The van der Waals surface area contributed by atoms with E-state index >= 15 is 0 Å². The molecule has 0 aliphatic rings. The minimum absolute atomic E-state index is 0.0819. The Hall–Kier alpha value is -0.780. The molecule has 0 radical (unpaired) electrons. The third-order valence-electron chi connectivity index (χ3n) is 3.15. The van der Waals surface area contributed by atoms with Crippen LogP contribution in [0, 0.1) is 6.57 Å². The van der Waals surface area contributed by atoms with Crippen molar-refractivity contribution in [3.63, 3.8) is 0 Å². The summed E-state index contributed by atoms with van der Waals surface area (Å²) in [7, 11) is 3.34. The van der Waals surface area contributed by atoms with E-state index < -0.39 is 16.8 Å². The van der Waals surface area contributed by atoms with Gasteiger partial charge in [0.25, 0.3) is 0 Å². The fourth-order valence-electron chi connectivity index (χ4n) is 1.78. The highest BCUT2D eigenvalue weighted by Gasteiger charge is 2.38. The van der Waals surface area contributed by atoms with Gasteiger partial charge in [-0.1, -0.05) is 30.9 Å². The molecule has 1 amide bonds. The molecule has 0 spiro atoms. The lowest BCUT2D eigenvalue weighted by Gasteiger charge is -2.25. The van der Waals surface area contributed by atoms with Gasteiger partial charge in [0.2, 0.25) is 11.4 Å². The minimum atomic E-state index is -0.933. The highest BCUT2D eigenvalue weighted by Crippen LogP contribution is 2.33. The van der Waals surface area contributed by atoms with Crippen LogP contribution in [-0.2, 0) is 9.59 Å². The standard InChI is InChI=1S/C15H24N2O3S3/c1-6-9-22-14(21)23-11(13(20)17(4)5)10-15(2,16-3)8-7-12(18)19/h11H,6-10H2,1-2,4-5H3,(H,18,19). The summed E-state index contributed by atoms with van der Waals surface area (Å²) in [5.74, 6) is -0.134. The molecule has 130 valence electrons. The predicted molar refractivity (Wildman–Crippen MR) is 102 cm³/mol. The first kappa shape index (κ1) is 22.2. The SMILES string of the molecule is [C-]#[N+]C(C)(CCC(=O)O)CC(SC(=S)SCCC)C(=O)N(C)C. The molecule has 0 fully saturated rings. The van der Waals surface area contributed by atoms with E-state index in [1.54, 1.807) is 21.0 Å². The lowest BCUT2D eigenvalue weighted by molar-refractivity contribution is -0.137. The number of carbonyl (C=O) groups is 2. The summed E-state index contributed by atoms with van der Waals surface area (Å²) in [6.45, 7) is 11.2. The Morgan fingerprint density at radius 1 is 1.43 bits per heavy atom. The van der Waals surface area contributed by atoms with Crippen molar-refractivity contribution in [2.24, 2.45) is 0 Å². The summed E-state index contributed by atoms with van der Waals surface area (Å²) >= 11 is 8.16. The van der Waals surface area contributed by atoms with Gasteiger partial charge in [0.05, 0.1) is 11.7 Å². The van der Waals surface area contributed by atoms with Gasteiger partial charge in [0.1, 0.15) is 3.53 Å². The van der Waals surface area contributed by atoms with Gasteiger partial charge in [-0.05, 0) is 12.2 Å². The van der Waals surface area contributed by atoms with Crippen LogP contribution >= 0.6 is 35.7 Å². The molecule has 0 bridgehead atoms. The first-order chi connectivity index (χ1) is 10.6. The van der Waals surface area contributed by atoms with Crippen LogP contribution in [0.1, 0.15) is 39.5 Å². The molecular weight excluding hydrogens is 352 g/mol. The number of aliphatic carboxylic acids is 1. The average Bonchev–Trinajstić information content (AvgIpc) is 2.49. The Bertz CT molecular complexity index is 477. The van der Waals surface area contributed by atoms with Gasteiger partial charge in [-0.25, -0.2) is 6.57 Å². The number of nitrogens with zero attached hydrogens (tertiary/aromatic N) is 2. The largest absolute Gasteiger partial charge is 0.481 e. The molecule has 0 saturated heterocycles. The molecule has 5 nitrogen and oxygen atoms in total. The van der Waals surface area contributed by atoms with Crippen molar-refractivity contribution in [2.45, 2.75) is 50.3 Å². The van der Waals surface area contributed by atoms with Crippen molar-refractivity contribution in [3.05, 3.63) is 11.4 Å². The maximum Gasteiger partial charge on any atom is 0.303 e. The highest BCUT2D eigenvalue weighted by atomic mass is 32.2. The molecule has 0 aromatic heterocycles. The Morgan fingerprint density at radius 2 is 2.04 bits per heavy atom. The summed E-state index contributed by atoms with van der Waals surface area (Å²) in [5.41, 5.74) is -0.882. The van der Waals surface area contributed by atoms with Crippen LogP contribution in [0.4, 0.5) is 0 Å². The molecule has 2 unspecified atom stereocenters. The van der Waals surface area contributed by atoms with Crippen LogP contribution in [0.25, 0.3) is 4.85 Å². The monoisotopic (exact) mass is 376 g/mol. The van der Waals surface area contributed by atoms with Crippen LogP contribution in [0.2, 0.25) is 0 Å².